The van der Waals surface area contributed by atoms with Crippen LogP contribution in [0.4, 0.5) is 4.79 Å². The molecule has 0 saturated carbocycles. The second-order valence-corrected chi connectivity index (χ2v) is 0.610. The molecule has 0 aliphatic heterocycles. The van der Waals surface area contributed by atoms with Crippen molar-refractivity contribution in [3.8, 4) is 0 Å². The lowest BCUT2D eigenvalue weighted by molar-refractivity contribution is -0.122. The molecule has 8 heavy (non-hydrogen) atoms. The van der Waals surface area contributed by atoms with E-state index in [1.807, 2.05) is 0 Å². The van der Waals surface area contributed by atoms with Crippen LogP contribution in [0.15, 0.2) is 0 Å². The van der Waals surface area contributed by atoms with Crippen molar-refractivity contribution in [2.75, 3.05) is 0 Å². The first kappa shape index (κ1) is 9.79. The van der Waals surface area contributed by atoms with E-state index in [2.05, 4.69) is 5.73 Å². The average Bonchev–Trinajstić information content (AvgIpc) is 1.65. The van der Waals surface area contributed by atoms with Gasteiger partial charge in [0.05, 0.1) is 0 Å². The van der Waals surface area contributed by atoms with Gasteiger partial charge in [0, 0.05) is 0 Å². The van der Waals surface area contributed by atoms with Crippen molar-refractivity contribution < 1.29 is 19.5 Å². The first-order chi connectivity index (χ1) is 3.65. The second-order valence-electron chi connectivity index (χ2n) is 0.610. The Labute approximate surface area is 45.1 Å². The van der Waals surface area contributed by atoms with E-state index in [0.717, 1.165) is 0 Å². The fourth-order valence-electron chi connectivity index (χ4n) is 0. The number of amides is 1. The zero-order valence-electron chi connectivity index (χ0n) is 3.90. The highest BCUT2D eigenvalue weighted by atomic mass is 16.4. The molecule has 46 valence electrons. The Hall–Kier alpha value is -1.39. The predicted octanol–water partition coefficient (Wildman–Crippen LogP) is -0.993. The third kappa shape index (κ3) is 395. The molecule has 0 aromatic carbocycles. The molecule has 5 heteroatoms. The summed E-state index contributed by atoms with van der Waals surface area (Å²) in [6.45, 7) is 0. The van der Waals surface area contributed by atoms with Crippen LogP contribution in [-0.4, -0.2) is 23.8 Å². The molecule has 0 radical (unpaired) electrons. The highest BCUT2D eigenvalue weighted by Gasteiger charge is 1.65. The van der Waals surface area contributed by atoms with Gasteiger partial charge in [0.15, 0.2) is 12.6 Å². The van der Waals surface area contributed by atoms with Gasteiger partial charge in [0.1, 0.15) is 0 Å². The number of carbonyl (C=O) groups excluding carboxylic acids is 2. The van der Waals surface area contributed by atoms with Crippen molar-refractivity contribution in [1.29, 1.82) is 0 Å². The zero-order chi connectivity index (χ0) is 6.99. The van der Waals surface area contributed by atoms with Crippen LogP contribution in [-0.2, 0) is 9.59 Å². The SMILES string of the molecule is NC(=O)O.O=CC=O. The van der Waals surface area contributed by atoms with E-state index in [9.17, 15) is 0 Å². The van der Waals surface area contributed by atoms with Crippen LogP contribution in [0.3, 0.4) is 0 Å². The lowest BCUT2D eigenvalue weighted by Crippen LogP contribution is -2.03. The number of aldehydes is 2. The highest BCUT2D eigenvalue weighted by Crippen LogP contribution is 1.34. The van der Waals surface area contributed by atoms with Crippen LogP contribution >= 0.6 is 0 Å². The Balaban J connectivity index is 0. The smallest absolute Gasteiger partial charge is 0.402 e. The summed E-state index contributed by atoms with van der Waals surface area (Å²) in [7, 11) is 0. The first-order valence-electron chi connectivity index (χ1n) is 1.52. The normalized spacial score (nSPS) is 5.50. The van der Waals surface area contributed by atoms with Crippen molar-refractivity contribution >= 4 is 18.7 Å². The van der Waals surface area contributed by atoms with Gasteiger partial charge in [0.2, 0.25) is 0 Å². The summed E-state index contributed by atoms with van der Waals surface area (Å²) in [6.07, 6.45) is -0.944. The van der Waals surface area contributed by atoms with Crippen molar-refractivity contribution in [2.24, 2.45) is 5.73 Å². The first-order valence-corrected chi connectivity index (χ1v) is 1.52. The number of primary amides is 1. The molecule has 3 N–H and O–H groups in total. The molecule has 0 atom stereocenters. The second kappa shape index (κ2) is 9.15. The minimum absolute atomic E-state index is 0.194. The number of hydrogen-bond donors (Lipinski definition) is 2. The fourth-order valence-corrected chi connectivity index (χ4v) is 0. The van der Waals surface area contributed by atoms with Crippen molar-refractivity contribution in [1.82, 2.24) is 0 Å². The van der Waals surface area contributed by atoms with Gasteiger partial charge >= 0.3 is 6.09 Å². The molecule has 0 heterocycles. The predicted molar refractivity (Wildman–Crippen MR) is 24.3 cm³/mol. The molecule has 5 nitrogen and oxygen atoms in total. The van der Waals surface area contributed by atoms with Gasteiger partial charge < -0.3 is 10.8 Å². The lowest BCUT2D eigenvalue weighted by atomic mass is 10.9. The van der Waals surface area contributed by atoms with Crippen molar-refractivity contribution in [3.05, 3.63) is 0 Å². The molecule has 0 aliphatic rings. The van der Waals surface area contributed by atoms with E-state index in [1.54, 1.807) is 0 Å². The monoisotopic (exact) mass is 119 g/mol. The van der Waals surface area contributed by atoms with Gasteiger partial charge in [0.25, 0.3) is 0 Å². The van der Waals surface area contributed by atoms with Gasteiger partial charge in [-0.3, -0.25) is 9.59 Å². The lowest BCUT2D eigenvalue weighted by Gasteiger charge is -1.61. The Morgan fingerprint density at radius 2 is 1.50 bits per heavy atom. The molecule has 0 spiro atoms. The quantitative estimate of drug-likeness (QED) is 0.342. The number of hydrogen-bond acceptors (Lipinski definition) is 3. The average molecular weight is 119 g/mol. The summed E-state index contributed by atoms with van der Waals surface area (Å²) in [5, 5.41) is 7.19. The fraction of sp³-hybridized carbons (Fsp3) is 0. The van der Waals surface area contributed by atoms with Crippen LogP contribution in [0.5, 0.6) is 0 Å². The third-order valence-electron chi connectivity index (χ3n) is 0.0556. The number of carbonyl (C=O) groups is 3. The Morgan fingerprint density at radius 1 is 1.38 bits per heavy atom. The van der Waals surface area contributed by atoms with Crippen LogP contribution in [0.2, 0.25) is 0 Å². The molecule has 0 rings (SSSR count). The minimum atomic E-state index is -1.33. The van der Waals surface area contributed by atoms with Crippen LogP contribution in [0, 0.1) is 0 Å². The van der Waals surface area contributed by atoms with E-state index < -0.39 is 6.09 Å². The van der Waals surface area contributed by atoms with E-state index in [0.29, 0.717) is 0 Å². The minimum Gasteiger partial charge on any atom is -0.465 e. The zero-order valence-corrected chi connectivity index (χ0v) is 3.90. The molecule has 0 unspecified atom stereocenters. The van der Waals surface area contributed by atoms with Gasteiger partial charge in [-0.2, -0.15) is 0 Å². The summed E-state index contributed by atoms with van der Waals surface area (Å²) in [4.78, 5) is 26.4. The van der Waals surface area contributed by atoms with Gasteiger partial charge in [-0.15, -0.1) is 0 Å². The molecule has 0 aliphatic carbocycles. The van der Waals surface area contributed by atoms with Gasteiger partial charge in [-0.05, 0) is 0 Å². The van der Waals surface area contributed by atoms with Crippen molar-refractivity contribution in [3.63, 3.8) is 0 Å². The number of carboxylic acid groups (broad SMARTS) is 1. The maximum atomic E-state index is 8.81. The largest absolute Gasteiger partial charge is 0.465 e. The topological polar surface area (TPSA) is 97.5 Å². The van der Waals surface area contributed by atoms with Gasteiger partial charge in [-0.1, -0.05) is 0 Å². The summed E-state index contributed by atoms with van der Waals surface area (Å²) in [5.74, 6) is 0. The van der Waals surface area contributed by atoms with Crippen molar-refractivity contribution in [2.45, 2.75) is 0 Å². The maximum absolute atomic E-state index is 8.81. The molecule has 1 amide bonds. The standard InChI is InChI=1S/C2H2O2.CH3NO2/c3-1-2-4;2-1(3)4/h1-2H;2H2,(H,3,4). The van der Waals surface area contributed by atoms with E-state index in [-0.39, 0.29) is 12.6 Å². The molecular weight excluding hydrogens is 114 g/mol. The number of nitrogens with two attached hydrogens (primary N) is 1. The van der Waals surface area contributed by atoms with E-state index in [4.69, 9.17) is 19.5 Å². The molecule has 0 bridgehead atoms. The molecule has 0 saturated heterocycles. The third-order valence-corrected chi connectivity index (χ3v) is 0.0556. The van der Waals surface area contributed by atoms with Crippen LogP contribution in [0.1, 0.15) is 0 Å². The Kier molecular flexibility index (Phi) is 11.2. The maximum Gasteiger partial charge on any atom is 0.402 e. The Bertz CT molecular complexity index is 79.3. The molecule has 0 aromatic rings. The van der Waals surface area contributed by atoms with E-state index >= 15 is 0 Å². The van der Waals surface area contributed by atoms with Gasteiger partial charge in [-0.25, -0.2) is 4.79 Å². The summed E-state index contributed by atoms with van der Waals surface area (Å²) < 4.78 is 0. The molecule has 0 fully saturated rings. The van der Waals surface area contributed by atoms with Crippen LogP contribution in [0.25, 0.3) is 0 Å². The Morgan fingerprint density at radius 3 is 1.50 bits per heavy atom. The molecular formula is C3H5NO4. The summed E-state index contributed by atoms with van der Waals surface area (Å²) in [5.41, 5.74) is 4.03. The highest BCUT2D eigenvalue weighted by molar-refractivity contribution is 6.09. The van der Waals surface area contributed by atoms with E-state index in [1.165, 1.54) is 0 Å². The van der Waals surface area contributed by atoms with Crippen LogP contribution < -0.4 is 5.73 Å². The summed E-state index contributed by atoms with van der Waals surface area (Å²) in [6, 6.07) is 0. The summed E-state index contributed by atoms with van der Waals surface area (Å²) >= 11 is 0. The number of rotatable bonds is 1. The molecule has 0 aromatic heterocycles.